The van der Waals surface area contributed by atoms with Crippen LogP contribution < -0.4 is 16.0 Å². The molecule has 22 heavy (non-hydrogen) atoms. The van der Waals surface area contributed by atoms with E-state index in [2.05, 4.69) is 20.9 Å². The van der Waals surface area contributed by atoms with E-state index in [9.17, 15) is 9.59 Å². The minimum absolute atomic E-state index is 0.0805. The van der Waals surface area contributed by atoms with Crippen LogP contribution in [0, 0.1) is 6.92 Å². The van der Waals surface area contributed by atoms with E-state index in [0.717, 1.165) is 11.4 Å². The maximum absolute atomic E-state index is 12.2. The van der Waals surface area contributed by atoms with Gasteiger partial charge in [0.15, 0.2) is 5.13 Å². The van der Waals surface area contributed by atoms with Crippen LogP contribution in [0.5, 0.6) is 0 Å². The summed E-state index contributed by atoms with van der Waals surface area (Å²) in [6, 6.07) is 4.97. The van der Waals surface area contributed by atoms with E-state index in [1.807, 2.05) is 19.2 Å². The fraction of sp³-hybridized carbons (Fsp3) is 0.267. The van der Waals surface area contributed by atoms with Crippen molar-refractivity contribution in [3.8, 4) is 0 Å². The number of nitrogens with zero attached hydrogens (tertiary/aromatic N) is 1. The first-order chi connectivity index (χ1) is 10.6. The van der Waals surface area contributed by atoms with Gasteiger partial charge in [-0.2, -0.15) is 0 Å². The van der Waals surface area contributed by atoms with Gasteiger partial charge >= 0.3 is 0 Å². The highest BCUT2D eigenvalue weighted by molar-refractivity contribution is 7.13. The first kappa shape index (κ1) is 14.5. The number of hydrogen-bond acceptors (Lipinski definition) is 5. The summed E-state index contributed by atoms with van der Waals surface area (Å²) in [5.74, 6) is -0.327. The highest BCUT2D eigenvalue weighted by Gasteiger charge is 2.24. The zero-order valence-electron chi connectivity index (χ0n) is 12.3. The number of aromatic nitrogens is 1. The monoisotopic (exact) mass is 316 g/mol. The summed E-state index contributed by atoms with van der Waals surface area (Å²) >= 11 is 1.38. The molecule has 0 bridgehead atoms. The third-order valence-corrected chi connectivity index (χ3v) is 4.31. The minimum Gasteiger partial charge on any atom is -0.372 e. The van der Waals surface area contributed by atoms with E-state index in [1.165, 1.54) is 11.3 Å². The molecule has 2 heterocycles. The molecule has 1 aromatic heterocycles. The molecule has 3 rings (SSSR count). The molecule has 6 nitrogen and oxygen atoms in total. The van der Waals surface area contributed by atoms with Crippen LogP contribution in [0.3, 0.4) is 0 Å². The number of nitrogens with one attached hydrogen (secondary N) is 3. The largest absolute Gasteiger partial charge is 0.372 e. The highest BCUT2D eigenvalue weighted by Crippen LogP contribution is 2.29. The zero-order chi connectivity index (χ0) is 15.7. The molecule has 3 N–H and O–H groups in total. The number of anilines is 3. The highest BCUT2D eigenvalue weighted by atomic mass is 32.1. The molecule has 0 aliphatic carbocycles. The van der Waals surface area contributed by atoms with Gasteiger partial charge in [-0.15, -0.1) is 11.3 Å². The fourth-order valence-electron chi connectivity index (χ4n) is 2.26. The second-order valence-corrected chi connectivity index (χ2v) is 5.96. The van der Waals surface area contributed by atoms with Crippen LogP contribution >= 0.6 is 11.3 Å². The molecule has 1 aliphatic rings. The topological polar surface area (TPSA) is 83.1 Å². The lowest BCUT2D eigenvalue weighted by molar-refractivity contribution is -0.117. The molecule has 114 valence electrons. The molecule has 0 unspecified atom stereocenters. The molecule has 1 atom stereocenters. The summed E-state index contributed by atoms with van der Waals surface area (Å²) in [5.41, 5.74) is 2.79. The summed E-state index contributed by atoms with van der Waals surface area (Å²) in [5, 5.41) is 11.2. The Kier molecular flexibility index (Phi) is 3.81. The normalized spacial score (nSPS) is 16.5. The van der Waals surface area contributed by atoms with Crippen LogP contribution in [-0.4, -0.2) is 22.8 Å². The lowest BCUT2D eigenvalue weighted by Gasteiger charge is -2.26. The van der Waals surface area contributed by atoms with Crippen molar-refractivity contribution in [1.29, 1.82) is 0 Å². The van der Waals surface area contributed by atoms with Crippen LogP contribution in [0.15, 0.2) is 23.6 Å². The van der Waals surface area contributed by atoms with E-state index < -0.39 is 0 Å². The van der Waals surface area contributed by atoms with Crippen molar-refractivity contribution in [3.63, 3.8) is 0 Å². The van der Waals surface area contributed by atoms with Gasteiger partial charge in [-0.1, -0.05) is 6.92 Å². The first-order valence-corrected chi connectivity index (χ1v) is 7.89. The molecule has 0 saturated heterocycles. The SMILES string of the molecule is CC[C@H]1Nc2ccc(C(=O)Nc3nc(C)cs3)cc2NC1=O. The third-order valence-electron chi connectivity index (χ3n) is 3.43. The van der Waals surface area contributed by atoms with Crippen LogP contribution in [0.25, 0.3) is 0 Å². The Hall–Kier alpha value is -2.41. The molecule has 0 fully saturated rings. The standard InChI is InChI=1S/C15H16N4O2S/c1-3-10-14(21)18-12-6-9(4-5-11(12)17-10)13(20)19-15-16-8(2)7-22-15/h4-7,10,17H,3H2,1-2H3,(H,18,21)(H,16,19,20)/t10-/m1/s1. The Morgan fingerprint density at radius 2 is 2.23 bits per heavy atom. The Morgan fingerprint density at radius 3 is 2.91 bits per heavy atom. The molecule has 2 aromatic rings. The number of carbonyl (C=O) groups excluding carboxylic acids is 2. The molecule has 0 spiro atoms. The van der Waals surface area contributed by atoms with E-state index in [1.54, 1.807) is 18.2 Å². The van der Waals surface area contributed by atoms with E-state index in [0.29, 0.717) is 22.8 Å². The lowest BCUT2D eigenvalue weighted by Crippen LogP contribution is -2.38. The van der Waals surface area contributed by atoms with E-state index in [-0.39, 0.29) is 17.9 Å². The Morgan fingerprint density at radius 1 is 1.41 bits per heavy atom. The van der Waals surface area contributed by atoms with Gasteiger partial charge in [-0.05, 0) is 31.5 Å². The number of thiazole rings is 1. The van der Waals surface area contributed by atoms with Gasteiger partial charge < -0.3 is 10.6 Å². The van der Waals surface area contributed by atoms with E-state index >= 15 is 0 Å². The van der Waals surface area contributed by atoms with Crippen molar-refractivity contribution in [3.05, 3.63) is 34.8 Å². The van der Waals surface area contributed by atoms with Crippen molar-refractivity contribution >= 4 is 39.7 Å². The van der Waals surface area contributed by atoms with Crippen LogP contribution in [0.4, 0.5) is 16.5 Å². The maximum atomic E-state index is 12.2. The average Bonchev–Trinajstić information content (AvgIpc) is 2.91. The lowest BCUT2D eigenvalue weighted by atomic mass is 10.1. The number of carbonyl (C=O) groups is 2. The number of hydrogen-bond donors (Lipinski definition) is 3. The van der Waals surface area contributed by atoms with Gasteiger partial charge in [0.05, 0.1) is 17.1 Å². The van der Waals surface area contributed by atoms with Gasteiger partial charge in [-0.3, -0.25) is 14.9 Å². The summed E-state index contributed by atoms with van der Waals surface area (Å²) < 4.78 is 0. The first-order valence-electron chi connectivity index (χ1n) is 7.01. The molecule has 1 aromatic carbocycles. The van der Waals surface area contributed by atoms with Crippen molar-refractivity contribution in [2.75, 3.05) is 16.0 Å². The molecule has 1 aliphatic heterocycles. The van der Waals surface area contributed by atoms with Crippen LogP contribution in [0.1, 0.15) is 29.4 Å². The van der Waals surface area contributed by atoms with Gasteiger partial charge in [0.1, 0.15) is 6.04 Å². The summed E-state index contributed by atoms with van der Waals surface area (Å²) in [6.07, 6.45) is 0.705. The second-order valence-electron chi connectivity index (χ2n) is 5.10. The van der Waals surface area contributed by atoms with Gasteiger partial charge in [-0.25, -0.2) is 4.98 Å². The summed E-state index contributed by atoms with van der Waals surface area (Å²) in [6.45, 7) is 3.82. The van der Waals surface area contributed by atoms with Gasteiger partial charge in [0.25, 0.3) is 5.91 Å². The molecule has 7 heteroatoms. The summed E-state index contributed by atoms with van der Waals surface area (Å²) in [4.78, 5) is 28.3. The quantitative estimate of drug-likeness (QED) is 0.813. The molecule has 0 radical (unpaired) electrons. The van der Waals surface area contributed by atoms with Crippen molar-refractivity contribution in [2.45, 2.75) is 26.3 Å². The number of amides is 2. The predicted octanol–water partition coefficient (Wildman–Crippen LogP) is 2.85. The average molecular weight is 316 g/mol. The number of fused-ring (bicyclic) bond motifs is 1. The van der Waals surface area contributed by atoms with Crippen molar-refractivity contribution < 1.29 is 9.59 Å². The van der Waals surface area contributed by atoms with Gasteiger partial charge in [0, 0.05) is 10.9 Å². The molecule has 0 saturated carbocycles. The zero-order valence-corrected chi connectivity index (χ0v) is 13.1. The maximum Gasteiger partial charge on any atom is 0.257 e. The number of benzene rings is 1. The molecular formula is C15H16N4O2S. The van der Waals surface area contributed by atoms with Crippen LogP contribution in [0.2, 0.25) is 0 Å². The van der Waals surface area contributed by atoms with Crippen LogP contribution in [-0.2, 0) is 4.79 Å². The third kappa shape index (κ3) is 2.80. The molecule has 2 amide bonds. The number of aryl methyl sites for hydroxylation is 1. The Labute approximate surface area is 132 Å². The smallest absolute Gasteiger partial charge is 0.257 e. The minimum atomic E-state index is -0.246. The Bertz CT molecular complexity index is 741. The predicted molar refractivity (Wildman–Crippen MR) is 87.6 cm³/mol. The second kappa shape index (κ2) is 5.76. The number of rotatable bonds is 3. The molecular weight excluding hydrogens is 300 g/mol. The van der Waals surface area contributed by atoms with E-state index in [4.69, 9.17) is 0 Å². The van der Waals surface area contributed by atoms with Crippen molar-refractivity contribution in [2.24, 2.45) is 0 Å². The fourth-order valence-corrected chi connectivity index (χ4v) is 2.94. The van der Waals surface area contributed by atoms with Crippen molar-refractivity contribution in [1.82, 2.24) is 4.98 Å². The summed E-state index contributed by atoms with van der Waals surface area (Å²) in [7, 11) is 0. The van der Waals surface area contributed by atoms with Gasteiger partial charge in [0.2, 0.25) is 5.91 Å². The Balaban J connectivity index is 1.80.